The Labute approximate surface area is 175 Å². The number of hydrogen-bond donors (Lipinski definition) is 3. The Kier molecular flexibility index (Phi) is 5.60. The van der Waals surface area contributed by atoms with Gasteiger partial charge in [0.2, 0.25) is 11.9 Å². The molecule has 4 N–H and O–H groups in total. The van der Waals surface area contributed by atoms with Gasteiger partial charge in [0.25, 0.3) is 0 Å². The monoisotopic (exact) mass is 404 g/mol. The number of hydrogen-bond acceptors (Lipinski definition) is 8. The van der Waals surface area contributed by atoms with E-state index in [0.29, 0.717) is 5.82 Å². The highest BCUT2D eigenvalue weighted by molar-refractivity contribution is 5.88. The summed E-state index contributed by atoms with van der Waals surface area (Å²) in [4.78, 5) is 28.7. The van der Waals surface area contributed by atoms with E-state index < -0.39 is 0 Å². The zero-order valence-electron chi connectivity index (χ0n) is 16.7. The summed E-state index contributed by atoms with van der Waals surface area (Å²) in [5.41, 5.74) is 7.54. The molecule has 0 atom stereocenters. The zero-order chi connectivity index (χ0) is 20.9. The van der Waals surface area contributed by atoms with Crippen molar-refractivity contribution in [3.63, 3.8) is 0 Å². The summed E-state index contributed by atoms with van der Waals surface area (Å²) in [5.74, 6) is 2.52. The molecule has 3 heterocycles. The average molecular weight is 404 g/mol. The summed E-state index contributed by atoms with van der Waals surface area (Å²) in [6.45, 7) is 4.83. The first-order valence-corrected chi connectivity index (χ1v) is 9.77. The molecule has 1 amide bonds. The number of nitrogen functional groups attached to an aromatic ring is 1. The molecule has 0 aliphatic carbocycles. The molecule has 1 aliphatic heterocycles. The number of amides is 1. The van der Waals surface area contributed by atoms with Crippen LogP contribution in [0.2, 0.25) is 0 Å². The molecule has 2 aromatic heterocycles. The molecule has 1 fully saturated rings. The first-order valence-electron chi connectivity index (χ1n) is 9.77. The SMILES string of the molecule is CC(=O)Nc1ccc(Nc2cc(N3CCN(c4ccccn4)CC3)nc(N)n2)cc1. The maximum atomic E-state index is 11.1. The van der Waals surface area contributed by atoms with Crippen LogP contribution < -0.4 is 26.2 Å². The van der Waals surface area contributed by atoms with E-state index in [1.165, 1.54) is 6.92 Å². The lowest BCUT2D eigenvalue weighted by atomic mass is 10.2. The predicted molar refractivity (Wildman–Crippen MR) is 119 cm³/mol. The van der Waals surface area contributed by atoms with E-state index in [4.69, 9.17) is 5.73 Å². The first kappa shape index (κ1) is 19.4. The maximum Gasteiger partial charge on any atom is 0.223 e. The Bertz CT molecular complexity index is 1000. The number of benzene rings is 1. The van der Waals surface area contributed by atoms with Crippen molar-refractivity contribution in [2.75, 3.05) is 52.3 Å². The summed E-state index contributed by atoms with van der Waals surface area (Å²) >= 11 is 0. The standard InChI is InChI=1S/C21H24N8O/c1-15(30)24-16-5-7-17(8-6-16)25-18-14-20(27-21(22)26-18)29-12-10-28(11-13-29)19-4-2-3-9-23-19/h2-9,14H,10-13H2,1H3,(H,24,30)(H3,22,25,26,27). The fraction of sp³-hybridized carbons (Fsp3) is 0.238. The maximum absolute atomic E-state index is 11.1. The molecule has 4 rings (SSSR count). The molecule has 1 saturated heterocycles. The second kappa shape index (κ2) is 8.64. The van der Waals surface area contributed by atoms with Crippen LogP contribution in [-0.4, -0.2) is 47.0 Å². The minimum atomic E-state index is -0.105. The van der Waals surface area contributed by atoms with Gasteiger partial charge in [-0.3, -0.25) is 4.79 Å². The lowest BCUT2D eigenvalue weighted by Gasteiger charge is -2.36. The van der Waals surface area contributed by atoms with Crippen LogP contribution in [0.5, 0.6) is 0 Å². The van der Waals surface area contributed by atoms with E-state index in [0.717, 1.165) is 49.2 Å². The number of aromatic nitrogens is 3. The smallest absolute Gasteiger partial charge is 0.223 e. The highest BCUT2D eigenvalue weighted by atomic mass is 16.1. The summed E-state index contributed by atoms with van der Waals surface area (Å²) in [5, 5.41) is 5.99. The number of anilines is 6. The predicted octanol–water partition coefficient (Wildman–Crippen LogP) is 2.48. The van der Waals surface area contributed by atoms with Gasteiger partial charge in [-0.15, -0.1) is 0 Å². The van der Waals surface area contributed by atoms with Crippen LogP contribution >= 0.6 is 0 Å². The highest BCUT2D eigenvalue weighted by Gasteiger charge is 2.20. The average Bonchev–Trinajstić information content (AvgIpc) is 2.75. The zero-order valence-corrected chi connectivity index (χ0v) is 16.7. The Morgan fingerprint density at radius 2 is 1.60 bits per heavy atom. The largest absolute Gasteiger partial charge is 0.368 e. The molecular formula is C21H24N8O. The quantitative estimate of drug-likeness (QED) is 0.595. The molecule has 0 bridgehead atoms. The van der Waals surface area contributed by atoms with Crippen molar-refractivity contribution in [3.8, 4) is 0 Å². The van der Waals surface area contributed by atoms with E-state index in [9.17, 15) is 4.79 Å². The van der Waals surface area contributed by atoms with E-state index in [2.05, 4.69) is 35.4 Å². The van der Waals surface area contributed by atoms with Crippen molar-refractivity contribution in [1.82, 2.24) is 15.0 Å². The third-order valence-electron chi connectivity index (χ3n) is 4.78. The van der Waals surface area contributed by atoms with Gasteiger partial charge in [-0.1, -0.05) is 6.07 Å². The number of rotatable bonds is 5. The number of carbonyl (C=O) groups is 1. The number of piperazine rings is 1. The van der Waals surface area contributed by atoms with Gasteiger partial charge in [0.15, 0.2) is 0 Å². The molecule has 30 heavy (non-hydrogen) atoms. The van der Waals surface area contributed by atoms with Gasteiger partial charge in [0, 0.05) is 56.7 Å². The minimum Gasteiger partial charge on any atom is -0.368 e. The Hall–Kier alpha value is -3.88. The number of nitrogens with zero attached hydrogens (tertiary/aromatic N) is 5. The van der Waals surface area contributed by atoms with Crippen LogP contribution in [0.25, 0.3) is 0 Å². The summed E-state index contributed by atoms with van der Waals surface area (Å²) in [7, 11) is 0. The van der Waals surface area contributed by atoms with Crippen molar-refractivity contribution in [2.24, 2.45) is 0 Å². The van der Waals surface area contributed by atoms with Crippen LogP contribution in [0.15, 0.2) is 54.7 Å². The molecule has 0 unspecified atom stereocenters. The molecule has 154 valence electrons. The molecule has 1 aliphatic rings. The van der Waals surface area contributed by atoms with Gasteiger partial charge in [-0.05, 0) is 36.4 Å². The van der Waals surface area contributed by atoms with Crippen molar-refractivity contribution < 1.29 is 4.79 Å². The Balaban J connectivity index is 1.43. The molecular weight excluding hydrogens is 380 g/mol. The van der Waals surface area contributed by atoms with E-state index in [-0.39, 0.29) is 11.9 Å². The van der Waals surface area contributed by atoms with Crippen molar-refractivity contribution in [2.45, 2.75) is 6.92 Å². The van der Waals surface area contributed by atoms with Crippen LogP contribution in [0.4, 0.5) is 34.8 Å². The summed E-state index contributed by atoms with van der Waals surface area (Å²) in [6.07, 6.45) is 1.81. The molecule has 0 spiro atoms. The highest BCUT2D eigenvalue weighted by Crippen LogP contribution is 2.23. The van der Waals surface area contributed by atoms with Gasteiger partial charge in [-0.2, -0.15) is 9.97 Å². The topological polar surface area (TPSA) is 112 Å². The van der Waals surface area contributed by atoms with Gasteiger partial charge >= 0.3 is 0 Å². The fourth-order valence-electron chi connectivity index (χ4n) is 3.37. The number of carbonyl (C=O) groups excluding carboxylic acids is 1. The fourth-order valence-corrected chi connectivity index (χ4v) is 3.37. The lowest BCUT2D eigenvalue weighted by Crippen LogP contribution is -2.47. The Morgan fingerprint density at radius 1 is 0.933 bits per heavy atom. The van der Waals surface area contributed by atoms with Gasteiger partial charge in [0.05, 0.1) is 0 Å². The first-order chi connectivity index (χ1) is 14.6. The molecule has 1 aromatic carbocycles. The second-order valence-electron chi connectivity index (χ2n) is 7.02. The van der Waals surface area contributed by atoms with Crippen LogP contribution in [-0.2, 0) is 4.79 Å². The second-order valence-corrected chi connectivity index (χ2v) is 7.02. The third kappa shape index (κ3) is 4.75. The molecule has 0 saturated carbocycles. The van der Waals surface area contributed by atoms with E-state index in [1.54, 1.807) is 0 Å². The Morgan fingerprint density at radius 3 is 2.23 bits per heavy atom. The van der Waals surface area contributed by atoms with Crippen LogP contribution in [0.3, 0.4) is 0 Å². The minimum absolute atomic E-state index is 0.105. The normalized spacial score (nSPS) is 13.8. The van der Waals surface area contributed by atoms with Crippen molar-refractivity contribution in [1.29, 1.82) is 0 Å². The lowest BCUT2D eigenvalue weighted by molar-refractivity contribution is -0.114. The van der Waals surface area contributed by atoms with Gasteiger partial charge in [-0.25, -0.2) is 4.98 Å². The number of nitrogens with two attached hydrogens (primary N) is 1. The van der Waals surface area contributed by atoms with Gasteiger partial charge < -0.3 is 26.2 Å². The van der Waals surface area contributed by atoms with Crippen LogP contribution in [0, 0.1) is 0 Å². The number of nitrogens with one attached hydrogen (secondary N) is 2. The van der Waals surface area contributed by atoms with E-state index >= 15 is 0 Å². The third-order valence-corrected chi connectivity index (χ3v) is 4.78. The van der Waals surface area contributed by atoms with Crippen molar-refractivity contribution >= 4 is 40.7 Å². The summed E-state index contributed by atoms with van der Waals surface area (Å²) in [6, 6.07) is 15.2. The molecule has 9 nitrogen and oxygen atoms in total. The van der Waals surface area contributed by atoms with E-state index in [1.807, 2.05) is 54.7 Å². The molecule has 9 heteroatoms. The van der Waals surface area contributed by atoms with Crippen LogP contribution in [0.1, 0.15) is 6.92 Å². The summed E-state index contributed by atoms with van der Waals surface area (Å²) < 4.78 is 0. The number of pyridine rings is 1. The van der Waals surface area contributed by atoms with Gasteiger partial charge in [0.1, 0.15) is 17.5 Å². The molecule has 0 radical (unpaired) electrons. The van der Waals surface area contributed by atoms with Crippen molar-refractivity contribution in [3.05, 3.63) is 54.7 Å². The molecule has 3 aromatic rings.